The molecule has 6 nitrogen and oxygen atoms in total. The van der Waals surface area contributed by atoms with Crippen LogP contribution in [-0.4, -0.2) is 31.3 Å². The van der Waals surface area contributed by atoms with Crippen LogP contribution in [0.1, 0.15) is 16.1 Å². The van der Waals surface area contributed by atoms with Gasteiger partial charge in [0, 0.05) is 10.9 Å². The molecule has 0 bridgehead atoms. The molecule has 2 N–H and O–H groups in total. The summed E-state index contributed by atoms with van der Waals surface area (Å²) in [5, 5.41) is 4.82. The van der Waals surface area contributed by atoms with Crippen LogP contribution in [-0.2, 0) is 0 Å². The van der Waals surface area contributed by atoms with Crippen LogP contribution in [0.5, 0.6) is 11.5 Å². The lowest BCUT2D eigenvalue weighted by molar-refractivity contribution is 0.0951. The average Bonchev–Trinajstić information content (AvgIpc) is 3.06. The molecular weight excluding hydrogens is 306 g/mol. The summed E-state index contributed by atoms with van der Waals surface area (Å²) in [7, 11) is 3.20. The Balaban J connectivity index is 1.74. The van der Waals surface area contributed by atoms with Gasteiger partial charge in [-0.2, -0.15) is 5.10 Å². The minimum Gasteiger partial charge on any atom is -0.497 e. The van der Waals surface area contributed by atoms with E-state index in [-0.39, 0.29) is 5.91 Å². The molecule has 0 aliphatic carbocycles. The summed E-state index contributed by atoms with van der Waals surface area (Å²) >= 11 is 0. The number of benzene rings is 2. The molecule has 0 saturated carbocycles. The molecule has 0 fully saturated rings. The molecule has 0 aliphatic rings. The first-order valence-corrected chi connectivity index (χ1v) is 7.34. The number of aromatic amines is 1. The first kappa shape index (κ1) is 15.6. The predicted molar refractivity (Wildman–Crippen MR) is 92.9 cm³/mol. The zero-order chi connectivity index (χ0) is 16.9. The smallest absolute Gasteiger partial charge is 0.287 e. The number of hydrogen-bond acceptors (Lipinski definition) is 4. The van der Waals surface area contributed by atoms with Crippen molar-refractivity contribution in [2.24, 2.45) is 5.10 Å². The summed E-state index contributed by atoms with van der Waals surface area (Å²) in [5.74, 6) is 1.11. The molecule has 2 aromatic carbocycles. The van der Waals surface area contributed by atoms with Gasteiger partial charge in [-0.25, -0.2) is 5.43 Å². The number of nitrogens with one attached hydrogen (secondary N) is 2. The molecule has 122 valence electrons. The van der Waals surface area contributed by atoms with Crippen molar-refractivity contribution in [3.05, 3.63) is 59.8 Å². The number of H-pyrrole nitrogens is 1. The number of carbonyl (C=O) groups is 1. The standard InChI is InChI=1S/C18H17N3O3/c1-23-13-6-3-5-12(9-13)11-19-21-18(22)16-10-14-15(20-16)7-4-8-17(14)24-2/h3-11,20H,1-2H3,(H,21,22). The molecular formula is C18H17N3O3. The van der Waals surface area contributed by atoms with E-state index in [1.165, 1.54) is 0 Å². The van der Waals surface area contributed by atoms with Crippen molar-refractivity contribution in [2.45, 2.75) is 0 Å². The third-order valence-corrected chi connectivity index (χ3v) is 3.56. The van der Waals surface area contributed by atoms with Gasteiger partial charge in [0.05, 0.1) is 20.4 Å². The lowest BCUT2D eigenvalue weighted by Gasteiger charge is -2.00. The summed E-state index contributed by atoms with van der Waals surface area (Å²) in [4.78, 5) is 15.3. The van der Waals surface area contributed by atoms with E-state index in [9.17, 15) is 4.79 Å². The molecule has 0 atom stereocenters. The fraction of sp³-hybridized carbons (Fsp3) is 0.111. The van der Waals surface area contributed by atoms with E-state index in [0.717, 1.165) is 22.2 Å². The number of nitrogens with zero attached hydrogens (tertiary/aromatic N) is 1. The number of hydrogen-bond donors (Lipinski definition) is 2. The summed E-state index contributed by atoms with van der Waals surface area (Å²) in [6.45, 7) is 0. The Hall–Kier alpha value is -3.28. The molecule has 0 unspecified atom stereocenters. The topological polar surface area (TPSA) is 75.7 Å². The fourth-order valence-corrected chi connectivity index (χ4v) is 2.38. The van der Waals surface area contributed by atoms with Gasteiger partial charge in [0.1, 0.15) is 17.2 Å². The Morgan fingerprint density at radius 2 is 1.96 bits per heavy atom. The van der Waals surface area contributed by atoms with Gasteiger partial charge in [-0.15, -0.1) is 0 Å². The first-order valence-electron chi connectivity index (χ1n) is 7.34. The molecule has 1 amide bonds. The maximum Gasteiger partial charge on any atom is 0.287 e. The van der Waals surface area contributed by atoms with Crippen LogP contribution in [0, 0.1) is 0 Å². The van der Waals surface area contributed by atoms with Crippen molar-refractivity contribution in [2.75, 3.05) is 14.2 Å². The van der Waals surface area contributed by atoms with E-state index < -0.39 is 0 Å². The Kier molecular flexibility index (Phi) is 4.47. The fourth-order valence-electron chi connectivity index (χ4n) is 2.38. The van der Waals surface area contributed by atoms with Crippen LogP contribution in [0.3, 0.4) is 0 Å². The molecule has 3 rings (SSSR count). The van der Waals surface area contributed by atoms with Crippen LogP contribution in [0.4, 0.5) is 0 Å². The second-order valence-corrected chi connectivity index (χ2v) is 5.08. The number of methoxy groups -OCH3 is 2. The highest BCUT2D eigenvalue weighted by atomic mass is 16.5. The molecule has 0 aliphatic heterocycles. The predicted octanol–water partition coefficient (Wildman–Crippen LogP) is 2.95. The molecule has 0 saturated heterocycles. The van der Waals surface area contributed by atoms with Crippen molar-refractivity contribution in [1.29, 1.82) is 0 Å². The van der Waals surface area contributed by atoms with Gasteiger partial charge < -0.3 is 14.5 Å². The summed E-state index contributed by atoms with van der Waals surface area (Å²) in [6.07, 6.45) is 1.56. The average molecular weight is 323 g/mol. The molecule has 1 aromatic heterocycles. The van der Waals surface area contributed by atoms with E-state index in [2.05, 4.69) is 15.5 Å². The first-order chi connectivity index (χ1) is 11.7. The highest BCUT2D eigenvalue weighted by Crippen LogP contribution is 2.25. The van der Waals surface area contributed by atoms with Crippen LogP contribution >= 0.6 is 0 Å². The SMILES string of the molecule is COc1cccc(C=NNC(=O)c2cc3c(OC)cccc3[nH]2)c1. The number of ether oxygens (including phenoxy) is 2. The Labute approximate surface area is 139 Å². The minimum absolute atomic E-state index is 0.326. The van der Waals surface area contributed by atoms with E-state index in [0.29, 0.717) is 11.4 Å². The summed E-state index contributed by atoms with van der Waals surface area (Å²) in [6, 6.07) is 14.7. The van der Waals surface area contributed by atoms with Crippen molar-refractivity contribution < 1.29 is 14.3 Å². The molecule has 0 radical (unpaired) electrons. The molecule has 1 heterocycles. The van der Waals surface area contributed by atoms with Gasteiger partial charge in [0.25, 0.3) is 5.91 Å². The van der Waals surface area contributed by atoms with Gasteiger partial charge in [-0.05, 0) is 35.9 Å². The number of hydrazone groups is 1. The lowest BCUT2D eigenvalue weighted by Crippen LogP contribution is -2.17. The quantitative estimate of drug-likeness (QED) is 0.560. The van der Waals surface area contributed by atoms with Crippen molar-refractivity contribution in [3.8, 4) is 11.5 Å². The maximum atomic E-state index is 12.2. The third kappa shape index (κ3) is 3.22. The zero-order valence-corrected chi connectivity index (χ0v) is 13.4. The Morgan fingerprint density at radius 1 is 1.12 bits per heavy atom. The van der Waals surface area contributed by atoms with Crippen molar-refractivity contribution in [3.63, 3.8) is 0 Å². The van der Waals surface area contributed by atoms with Crippen molar-refractivity contribution in [1.82, 2.24) is 10.4 Å². The monoisotopic (exact) mass is 323 g/mol. The number of amides is 1. The van der Waals surface area contributed by atoms with Gasteiger partial charge in [0.15, 0.2) is 0 Å². The van der Waals surface area contributed by atoms with E-state index in [4.69, 9.17) is 9.47 Å². The number of aromatic nitrogens is 1. The van der Waals surface area contributed by atoms with E-state index in [1.54, 1.807) is 26.5 Å². The second-order valence-electron chi connectivity index (χ2n) is 5.08. The maximum absolute atomic E-state index is 12.2. The summed E-state index contributed by atoms with van der Waals surface area (Å²) < 4.78 is 10.4. The Morgan fingerprint density at radius 3 is 2.75 bits per heavy atom. The normalized spacial score (nSPS) is 10.9. The number of rotatable bonds is 5. The van der Waals surface area contributed by atoms with Gasteiger partial charge >= 0.3 is 0 Å². The molecule has 0 spiro atoms. The van der Waals surface area contributed by atoms with Gasteiger partial charge in [-0.3, -0.25) is 4.79 Å². The van der Waals surface area contributed by atoms with Crippen LogP contribution in [0.2, 0.25) is 0 Å². The van der Waals surface area contributed by atoms with E-state index >= 15 is 0 Å². The van der Waals surface area contributed by atoms with Gasteiger partial charge in [0.2, 0.25) is 0 Å². The minimum atomic E-state index is -0.326. The molecule has 3 aromatic rings. The lowest BCUT2D eigenvalue weighted by atomic mass is 10.2. The zero-order valence-electron chi connectivity index (χ0n) is 13.4. The summed E-state index contributed by atoms with van der Waals surface area (Å²) in [5.41, 5.74) is 4.57. The van der Waals surface area contributed by atoms with E-state index in [1.807, 2.05) is 42.5 Å². The highest BCUT2D eigenvalue weighted by Gasteiger charge is 2.11. The molecule has 6 heteroatoms. The van der Waals surface area contributed by atoms with Crippen molar-refractivity contribution >= 4 is 23.0 Å². The Bertz CT molecular complexity index is 899. The van der Waals surface area contributed by atoms with Crippen LogP contribution < -0.4 is 14.9 Å². The van der Waals surface area contributed by atoms with Crippen LogP contribution in [0.25, 0.3) is 10.9 Å². The van der Waals surface area contributed by atoms with Crippen LogP contribution in [0.15, 0.2) is 53.6 Å². The third-order valence-electron chi connectivity index (χ3n) is 3.56. The molecule has 24 heavy (non-hydrogen) atoms. The highest BCUT2D eigenvalue weighted by molar-refractivity contribution is 6.00. The number of fused-ring (bicyclic) bond motifs is 1. The largest absolute Gasteiger partial charge is 0.497 e. The number of carbonyl (C=O) groups excluding carboxylic acids is 1. The second kappa shape index (κ2) is 6.87. The van der Waals surface area contributed by atoms with Gasteiger partial charge in [-0.1, -0.05) is 18.2 Å².